The number of methoxy groups -OCH3 is 1. The van der Waals surface area contributed by atoms with E-state index in [1.54, 1.807) is 12.3 Å². The van der Waals surface area contributed by atoms with Crippen LogP contribution in [0.3, 0.4) is 0 Å². The molecule has 124 valence electrons. The van der Waals surface area contributed by atoms with Crippen LogP contribution in [0.25, 0.3) is 10.8 Å². The van der Waals surface area contributed by atoms with E-state index in [1.807, 2.05) is 13.0 Å². The van der Waals surface area contributed by atoms with Crippen LogP contribution in [0.5, 0.6) is 0 Å². The van der Waals surface area contributed by atoms with Gasteiger partial charge in [0.25, 0.3) is 5.91 Å². The molecule has 6 nitrogen and oxygen atoms in total. The van der Waals surface area contributed by atoms with E-state index in [9.17, 15) is 9.59 Å². The minimum atomic E-state index is -0.197. The number of nitrogens with one attached hydrogen (secondary N) is 1. The first kappa shape index (κ1) is 17.2. The highest BCUT2D eigenvalue weighted by molar-refractivity contribution is 7.15. The van der Waals surface area contributed by atoms with Crippen molar-refractivity contribution in [2.75, 3.05) is 13.7 Å². The molecule has 0 atom stereocenters. The number of aryl methyl sites for hydroxylation is 1. The predicted octanol–water partition coefficient (Wildman–Crippen LogP) is 3.17. The summed E-state index contributed by atoms with van der Waals surface area (Å²) in [6, 6.07) is 3.61. The summed E-state index contributed by atoms with van der Waals surface area (Å²) in [6.45, 7) is 2.43. The highest BCUT2D eigenvalue weighted by atomic mass is 32.1. The number of hydrogen-bond acceptors (Lipinski definition) is 6. The number of unbranched alkanes of at least 4 members (excludes halogenated alkanes) is 2. The lowest BCUT2D eigenvalue weighted by Crippen LogP contribution is -2.25. The summed E-state index contributed by atoms with van der Waals surface area (Å²) in [5.74, 6) is 0.294. The number of aromatic nitrogens is 1. The maximum Gasteiger partial charge on any atom is 0.305 e. The number of rotatable bonds is 8. The molecule has 1 amide bonds. The van der Waals surface area contributed by atoms with Crippen LogP contribution in [0.4, 0.5) is 0 Å². The summed E-state index contributed by atoms with van der Waals surface area (Å²) in [7, 11) is 1.38. The molecule has 0 spiro atoms. The van der Waals surface area contributed by atoms with Gasteiger partial charge in [0.2, 0.25) is 0 Å². The molecule has 2 aromatic rings. The summed E-state index contributed by atoms with van der Waals surface area (Å²) in [5, 5.41) is 3.56. The van der Waals surface area contributed by atoms with Crippen molar-refractivity contribution in [3.8, 4) is 10.8 Å². The molecule has 0 fully saturated rings. The second-order valence-electron chi connectivity index (χ2n) is 5.04. The van der Waals surface area contributed by atoms with Crippen LogP contribution in [-0.2, 0) is 9.53 Å². The van der Waals surface area contributed by atoms with Crippen LogP contribution in [0.15, 0.2) is 22.8 Å². The van der Waals surface area contributed by atoms with Crippen molar-refractivity contribution in [1.82, 2.24) is 10.3 Å². The molecule has 0 aromatic carbocycles. The first-order valence-corrected chi connectivity index (χ1v) is 8.29. The van der Waals surface area contributed by atoms with E-state index in [2.05, 4.69) is 15.0 Å². The predicted molar refractivity (Wildman–Crippen MR) is 87.4 cm³/mol. The molecule has 0 saturated heterocycles. The molecule has 0 aliphatic carbocycles. The van der Waals surface area contributed by atoms with Gasteiger partial charge < -0.3 is 14.5 Å². The van der Waals surface area contributed by atoms with Crippen molar-refractivity contribution in [3.63, 3.8) is 0 Å². The number of ether oxygens (including phenoxy) is 1. The fourth-order valence-electron chi connectivity index (χ4n) is 2.07. The molecular formula is C16H20N2O4S. The Bertz CT molecular complexity index is 649. The molecule has 0 aliphatic heterocycles. The molecule has 23 heavy (non-hydrogen) atoms. The Hall–Kier alpha value is -2.15. The average Bonchev–Trinajstić information content (AvgIpc) is 3.19. The van der Waals surface area contributed by atoms with Crippen molar-refractivity contribution in [3.05, 3.63) is 29.0 Å². The van der Waals surface area contributed by atoms with E-state index in [4.69, 9.17) is 4.42 Å². The van der Waals surface area contributed by atoms with Crippen molar-refractivity contribution < 1.29 is 18.7 Å². The Morgan fingerprint density at radius 1 is 1.35 bits per heavy atom. The minimum Gasteiger partial charge on any atom is -0.469 e. The quantitative estimate of drug-likeness (QED) is 0.591. The first-order chi connectivity index (χ1) is 11.1. The molecule has 0 unspecified atom stereocenters. The van der Waals surface area contributed by atoms with Crippen LogP contribution in [0.1, 0.15) is 41.0 Å². The van der Waals surface area contributed by atoms with Gasteiger partial charge in [-0.15, -0.1) is 11.3 Å². The zero-order valence-corrected chi connectivity index (χ0v) is 14.1. The lowest BCUT2D eigenvalue weighted by atomic mass is 10.2. The molecular weight excluding hydrogens is 316 g/mol. The van der Waals surface area contributed by atoms with Gasteiger partial charge in [-0.1, -0.05) is 6.42 Å². The summed E-state index contributed by atoms with van der Waals surface area (Å²) < 4.78 is 9.88. The normalized spacial score (nSPS) is 10.5. The van der Waals surface area contributed by atoms with Crippen molar-refractivity contribution >= 4 is 23.2 Å². The zero-order valence-electron chi connectivity index (χ0n) is 13.3. The monoisotopic (exact) mass is 336 g/mol. The van der Waals surface area contributed by atoms with Gasteiger partial charge in [0.15, 0.2) is 10.8 Å². The van der Waals surface area contributed by atoms with Gasteiger partial charge in [-0.3, -0.25) is 9.59 Å². The lowest BCUT2D eigenvalue weighted by Gasteiger charge is -2.04. The van der Waals surface area contributed by atoms with Crippen molar-refractivity contribution in [1.29, 1.82) is 0 Å². The average molecular weight is 336 g/mol. The number of furan rings is 1. The van der Waals surface area contributed by atoms with Gasteiger partial charge >= 0.3 is 5.97 Å². The highest BCUT2D eigenvalue weighted by Crippen LogP contribution is 2.27. The molecule has 7 heteroatoms. The van der Waals surface area contributed by atoms with Gasteiger partial charge in [0, 0.05) is 17.8 Å². The number of hydrogen-bond donors (Lipinski definition) is 1. The van der Waals surface area contributed by atoms with Crippen LogP contribution in [0.2, 0.25) is 0 Å². The minimum absolute atomic E-state index is 0.176. The van der Waals surface area contributed by atoms with Gasteiger partial charge in [-0.25, -0.2) is 4.98 Å². The van der Waals surface area contributed by atoms with Gasteiger partial charge in [-0.05, 0) is 31.9 Å². The first-order valence-electron chi connectivity index (χ1n) is 7.48. The summed E-state index contributed by atoms with van der Waals surface area (Å²) in [4.78, 5) is 28.3. The van der Waals surface area contributed by atoms with E-state index in [0.29, 0.717) is 29.4 Å². The SMILES string of the molecule is COC(=O)CCCCCNC(=O)c1nc(-c2ccco2)sc1C. The number of carbonyl (C=O) groups is 2. The number of thiazole rings is 1. The molecule has 0 radical (unpaired) electrons. The Morgan fingerprint density at radius 2 is 2.17 bits per heavy atom. The van der Waals surface area contributed by atoms with Crippen LogP contribution >= 0.6 is 11.3 Å². The fraction of sp³-hybridized carbons (Fsp3) is 0.438. The van der Waals surface area contributed by atoms with Gasteiger partial charge in [-0.2, -0.15) is 0 Å². The van der Waals surface area contributed by atoms with E-state index in [1.165, 1.54) is 18.4 Å². The topological polar surface area (TPSA) is 81.4 Å². The second-order valence-corrected chi connectivity index (χ2v) is 6.25. The number of esters is 1. The van der Waals surface area contributed by atoms with E-state index < -0.39 is 0 Å². The fourth-order valence-corrected chi connectivity index (χ4v) is 2.95. The Labute approximate surface area is 138 Å². The molecule has 0 bridgehead atoms. The largest absolute Gasteiger partial charge is 0.469 e. The maximum absolute atomic E-state index is 12.2. The van der Waals surface area contributed by atoms with Crippen LogP contribution in [-0.4, -0.2) is 30.5 Å². The number of nitrogens with zero attached hydrogens (tertiary/aromatic N) is 1. The van der Waals surface area contributed by atoms with Gasteiger partial charge in [0.05, 0.1) is 13.4 Å². The number of carbonyl (C=O) groups excluding carboxylic acids is 2. The smallest absolute Gasteiger partial charge is 0.305 e. The molecule has 1 N–H and O–H groups in total. The zero-order chi connectivity index (χ0) is 16.7. The third-order valence-electron chi connectivity index (χ3n) is 3.31. The Kier molecular flexibility index (Phi) is 6.34. The van der Waals surface area contributed by atoms with Crippen LogP contribution < -0.4 is 5.32 Å². The molecule has 0 aliphatic rings. The molecule has 0 saturated carbocycles. The van der Waals surface area contributed by atoms with Gasteiger partial charge in [0.1, 0.15) is 5.69 Å². The standard InChI is InChI=1S/C16H20N2O4S/c1-11-14(18-16(23-11)12-7-6-10-22-12)15(20)17-9-5-3-4-8-13(19)21-2/h6-7,10H,3-5,8-9H2,1-2H3,(H,17,20). The van der Waals surface area contributed by atoms with Crippen LogP contribution in [0, 0.1) is 6.92 Å². The molecule has 2 rings (SSSR count). The highest BCUT2D eigenvalue weighted by Gasteiger charge is 2.17. The van der Waals surface area contributed by atoms with E-state index >= 15 is 0 Å². The third-order valence-corrected chi connectivity index (χ3v) is 4.30. The maximum atomic E-state index is 12.2. The Balaban J connectivity index is 1.77. The number of amides is 1. The molecule has 2 aromatic heterocycles. The van der Waals surface area contributed by atoms with E-state index in [0.717, 1.165) is 24.1 Å². The molecule has 2 heterocycles. The lowest BCUT2D eigenvalue weighted by molar-refractivity contribution is -0.140. The third kappa shape index (κ3) is 4.92. The summed E-state index contributed by atoms with van der Waals surface area (Å²) >= 11 is 1.44. The van der Waals surface area contributed by atoms with Crippen molar-refractivity contribution in [2.24, 2.45) is 0 Å². The van der Waals surface area contributed by atoms with E-state index in [-0.39, 0.29) is 11.9 Å². The van der Waals surface area contributed by atoms with Crippen molar-refractivity contribution in [2.45, 2.75) is 32.6 Å². The summed E-state index contributed by atoms with van der Waals surface area (Å²) in [5.41, 5.74) is 0.441. The summed E-state index contributed by atoms with van der Waals surface area (Å²) in [6.07, 6.45) is 4.45. The second kappa shape index (κ2) is 8.47. The Morgan fingerprint density at radius 3 is 2.87 bits per heavy atom.